The van der Waals surface area contributed by atoms with E-state index in [1.54, 1.807) is 24.0 Å². The molecule has 8 nitrogen and oxygen atoms in total. The summed E-state index contributed by atoms with van der Waals surface area (Å²) in [6.45, 7) is 4.07. The van der Waals surface area contributed by atoms with Crippen molar-refractivity contribution in [2.24, 2.45) is 0 Å². The number of carbonyl (C=O) groups is 1. The molecule has 3 rings (SSSR count). The van der Waals surface area contributed by atoms with Gasteiger partial charge in [-0.25, -0.2) is 14.5 Å². The van der Waals surface area contributed by atoms with Crippen molar-refractivity contribution in [2.75, 3.05) is 0 Å². The number of hydrogen-bond donors (Lipinski definition) is 0. The lowest BCUT2D eigenvalue weighted by molar-refractivity contribution is 0.0430. The smallest absolute Gasteiger partial charge is 0.361 e. The minimum atomic E-state index is -0.573. The second-order valence-electron chi connectivity index (χ2n) is 4.99. The van der Waals surface area contributed by atoms with E-state index in [2.05, 4.69) is 20.3 Å². The third-order valence-corrected chi connectivity index (χ3v) is 3.21. The van der Waals surface area contributed by atoms with Gasteiger partial charge in [-0.15, -0.1) is 5.10 Å². The van der Waals surface area contributed by atoms with E-state index < -0.39 is 5.97 Å². The summed E-state index contributed by atoms with van der Waals surface area (Å²) in [6, 6.07) is 3.75. The van der Waals surface area contributed by atoms with E-state index in [9.17, 15) is 4.79 Å². The Kier molecular flexibility index (Phi) is 4.13. The summed E-state index contributed by atoms with van der Waals surface area (Å²) in [4.78, 5) is 20.1. The number of aryl methyl sites for hydroxylation is 2. The molecule has 0 saturated carbocycles. The van der Waals surface area contributed by atoms with Gasteiger partial charge < -0.3 is 9.15 Å². The monoisotopic (exact) mass is 313 g/mol. The first kappa shape index (κ1) is 14.9. The van der Waals surface area contributed by atoms with Crippen molar-refractivity contribution in [2.45, 2.75) is 27.0 Å². The van der Waals surface area contributed by atoms with Crippen molar-refractivity contribution in [1.29, 1.82) is 0 Å². The first-order valence-electron chi connectivity index (χ1n) is 7.01. The van der Waals surface area contributed by atoms with Gasteiger partial charge in [-0.1, -0.05) is 11.3 Å². The van der Waals surface area contributed by atoms with E-state index in [1.807, 2.05) is 19.1 Å². The molecule has 118 valence electrons. The van der Waals surface area contributed by atoms with Gasteiger partial charge >= 0.3 is 5.97 Å². The quantitative estimate of drug-likeness (QED) is 0.661. The van der Waals surface area contributed by atoms with Crippen molar-refractivity contribution in [3.8, 4) is 0 Å². The topological polar surface area (TPSA) is 95.9 Å². The van der Waals surface area contributed by atoms with Gasteiger partial charge in [0.2, 0.25) is 5.89 Å². The van der Waals surface area contributed by atoms with Gasteiger partial charge in [0.15, 0.2) is 12.3 Å². The van der Waals surface area contributed by atoms with Gasteiger partial charge in [-0.2, -0.15) is 0 Å². The van der Waals surface area contributed by atoms with E-state index >= 15 is 0 Å². The molecular weight excluding hydrogens is 298 g/mol. The average Bonchev–Trinajstić information content (AvgIpc) is 3.13. The van der Waals surface area contributed by atoms with Crippen LogP contribution in [0.15, 0.2) is 35.1 Å². The predicted octanol–water partition coefficient (Wildman–Crippen LogP) is 1.68. The van der Waals surface area contributed by atoms with E-state index in [0.29, 0.717) is 18.2 Å². The minimum absolute atomic E-state index is 0.0387. The number of carbonyl (C=O) groups excluding carboxylic acids is 1. The van der Waals surface area contributed by atoms with Crippen LogP contribution < -0.4 is 0 Å². The molecule has 0 spiro atoms. The summed E-state index contributed by atoms with van der Waals surface area (Å²) in [6.07, 6.45) is 4.95. The lowest BCUT2D eigenvalue weighted by Crippen LogP contribution is -2.06. The zero-order valence-electron chi connectivity index (χ0n) is 12.8. The van der Waals surface area contributed by atoms with Gasteiger partial charge in [0, 0.05) is 12.4 Å². The van der Waals surface area contributed by atoms with Crippen LogP contribution in [0.5, 0.6) is 0 Å². The highest BCUT2D eigenvalue weighted by atomic mass is 16.5. The standard InChI is InChI=1S/C15H15N5O3/c1-10-11(2)23-14(17-10)9-22-15(21)13-8-20(19-18-13)7-12-4-3-5-16-6-12/h3-6,8H,7,9H2,1-2H3. The molecule has 0 fully saturated rings. The molecule has 0 aromatic carbocycles. The second kappa shape index (κ2) is 6.39. The molecule has 0 N–H and O–H groups in total. The molecule has 3 heterocycles. The molecule has 0 bridgehead atoms. The third-order valence-electron chi connectivity index (χ3n) is 3.21. The second-order valence-corrected chi connectivity index (χ2v) is 4.99. The van der Waals surface area contributed by atoms with Crippen molar-refractivity contribution in [3.63, 3.8) is 0 Å². The zero-order chi connectivity index (χ0) is 16.2. The largest absolute Gasteiger partial charge is 0.451 e. The Balaban J connectivity index is 1.60. The number of nitrogens with zero attached hydrogens (tertiary/aromatic N) is 5. The van der Waals surface area contributed by atoms with E-state index in [-0.39, 0.29) is 12.3 Å². The molecular formula is C15H15N5O3. The van der Waals surface area contributed by atoms with Gasteiger partial charge in [-0.05, 0) is 25.5 Å². The number of aromatic nitrogens is 5. The Morgan fingerprint density at radius 2 is 2.26 bits per heavy atom. The summed E-state index contributed by atoms with van der Waals surface area (Å²) in [7, 11) is 0. The molecule has 0 aliphatic heterocycles. The summed E-state index contributed by atoms with van der Waals surface area (Å²) in [5, 5.41) is 7.72. The van der Waals surface area contributed by atoms with Crippen molar-refractivity contribution in [1.82, 2.24) is 25.0 Å². The average molecular weight is 313 g/mol. The lowest BCUT2D eigenvalue weighted by atomic mass is 10.3. The van der Waals surface area contributed by atoms with Crippen LogP contribution in [0.1, 0.15) is 33.4 Å². The molecule has 0 radical (unpaired) electrons. The molecule has 0 aliphatic rings. The van der Waals surface area contributed by atoms with Gasteiger partial charge in [0.05, 0.1) is 18.4 Å². The highest BCUT2D eigenvalue weighted by molar-refractivity contribution is 5.86. The molecule has 23 heavy (non-hydrogen) atoms. The fraction of sp³-hybridized carbons (Fsp3) is 0.267. The van der Waals surface area contributed by atoms with E-state index in [0.717, 1.165) is 11.3 Å². The van der Waals surface area contributed by atoms with Crippen LogP contribution >= 0.6 is 0 Å². The number of rotatable bonds is 5. The first-order valence-corrected chi connectivity index (χ1v) is 7.01. The Morgan fingerprint density at radius 1 is 1.39 bits per heavy atom. The van der Waals surface area contributed by atoms with Crippen molar-refractivity contribution in [3.05, 3.63) is 59.3 Å². The Morgan fingerprint density at radius 3 is 2.96 bits per heavy atom. The van der Waals surface area contributed by atoms with Crippen LogP contribution in [-0.2, 0) is 17.9 Å². The van der Waals surface area contributed by atoms with Gasteiger partial charge in [-0.3, -0.25) is 4.98 Å². The maximum absolute atomic E-state index is 12.0. The first-order chi connectivity index (χ1) is 11.1. The number of esters is 1. The highest BCUT2D eigenvalue weighted by Gasteiger charge is 2.15. The Labute approximate surface area is 132 Å². The predicted molar refractivity (Wildman–Crippen MR) is 78.5 cm³/mol. The number of hydrogen-bond acceptors (Lipinski definition) is 7. The highest BCUT2D eigenvalue weighted by Crippen LogP contribution is 2.10. The van der Waals surface area contributed by atoms with Crippen LogP contribution in [0, 0.1) is 13.8 Å². The van der Waals surface area contributed by atoms with E-state index in [4.69, 9.17) is 9.15 Å². The van der Waals surface area contributed by atoms with Crippen LogP contribution in [0.25, 0.3) is 0 Å². The maximum atomic E-state index is 12.0. The van der Waals surface area contributed by atoms with Gasteiger partial charge in [0.1, 0.15) is 5.76 Å². The zero-order valence-corrected chi connectivity index (χ0v) is 12.8. The van der Waals surface area contributed by atoms with Crippen molar-refractivity contribution >= 4 is 5.97 Å². The van der Waals surface area contributed by atoms with Crippen LogP contribution in [-0.4, -0.2) is 30.9 Å². The molecule has 0 saturated heterocycles. The molecule has 0 unspecified atom stereocenters. The summed E-state index contributed by atoms with van der Waals surface area (Å²) < 4.78 is 12.0. The number of pyridine rings is 1. The summed E-state index contributed by atoms with van der Waals surface area (Å²) in [5.74, 6) is 0.491. The maximum Gasteiger partial charge on any atom is 0.361 e. The third kappa shape index (κ3) is 3.60. The number of ether oxygens (including phenoxy) is 1. The number of oxazole rings is 1. The normalized spacial score (nSPS) is 10.7. The Hall–Kier alpha value is -3.03. The summed E-state index contributed by atoms with van der Waals surface area (Å²) in [5.41, 5.74) is 1.87. The van der Waals surface area contributed by atoms with Crippen LogP contribution in [0.3, 0.4) is 0 Å². The molecule has 3 aromatic rings. The molecule has 8 heteroatoms. The fourth-order valence-electron chi connectivity index (χ4n) is 1.95. The fourth-order valence-corrected chi connectivity index (χ4v) is 1.95. The molecule has 0 aliphatic carbocycles. The van der Waals surface area contributed by atoms with E-state index in [1.165, 1.54) is 6.20 Å². The SMILES string of the molecule is Cc1nc(COC(=O)c2cn(Cc3cccnc3)nn2)oc1C. The lowest BCUT2D eigenvalue weighted by Gasteiger charge is -1.99. The van der Waals surface area contributed by atoms with Gasteiger partial charge in [0.25, 0.3) is 0 Å². The van der Waals surface area contributed by atoms with Crippen molar-refractivity contribution < 1.29 is 13.9 Å². The summed E-state index contributed by atoms with van der Waals surface area (Å²) >= 11 is 0. The Bertz CT molecular complexity index is 790. The molecule has 0 amide bonds. The molecule has 3 aromatic heterocycles. The minimum Gasteiger partial charge on any atom is -0.451 e. The van der Waals surface area contributed by atoms with Crippen LogP contribution in [0.4, 0.5) is 0 Å². The van der Waals surface area contributed by atoms with Crippen LogP contribution in [0.2, 0.25) is 0 Å². The molecule has 0 atom stereocenters.